The van der Waals surface area contributed by atoms with E-state index >= 15 is 0 Å². The van der Waals surface area contributed by atoms with E-state index in [0.29, 0.717) is 43.7 Å². The summed E-state index contributed by atoms with van der Waals surface area (Å²) in [6, 6.07) is -0.0776. The van der Waals surface area contributed by atoms with Crippen molar-refractivity contribution < 1.29 is 19.1 Å². The van der Waals surface area contributed by atoms with Gasteiger partial charge in [-0.25, -0.2) is 14.8 Å². The molecule has 34 heavy (non-hydrogen) atoms. The van der Waals surface area contributed by atoms with Gasteiger partial charge in [-0.15, -0.1) is 0 Å². The maximum atomic E-state index is 12.3. The van der Waals surface area contributed by atoms with E-state index in [2.05, 4.69) is 14.9 Å². The summed E-state index contributed by atoms with van der Waals surface area (Å²) in [6.45, 7) is 7.89. The maximum absolute atomic E-state index is 12.3. The van der Waals surface area contributed by atoms with E-state index in [1.807, 2.05) is 18.7 Å². The van der Waals surface area contributed by atoms with Crippen molar-refractivity contribution in [3.8, 4) is 5.75 Å². The van der Waals surface area contributed by atoms with E-state index in [4.69, 9.17) is 15.2 Å². The molecule has 3 aliphatic rings. The predicted octanol–water partition coefficient (Wildman–Crippen LogP) is 2.03. The smallest absolute Gasteiger partial charge is 0.410 e. The summed E-state index contributed by atoms with van der Waals surface area (Å²) in [5.41, 5.74) is 6.37. The fourth-order valence-corrected chi connectivity index (χ4v) is 5.05. The molecule has 0 aliphatic carbocycles. The minimum absolute atomic E-state index is 0.0194. The number of amides is 2. The topological polar surface area (TPSA) is 114 Å². The van der Waals surface area contributed by atoms with Gasteiger partial charge in [0.2, 0.25) is 11.9 Å². The Morgan fingerprint density at radius 2 is 1.88 bits per heavy atom. The molecule has 3 saturated heterocycles. The number of piperidine rings is 2. The van der Waals surface area contributed by atoms with Crippen molar-refractivity contribution in [2.45, 2.75) is 70.6 Å². The molecule has 0 spiro atoms. The van der Waals surface area contributed by atoms with Crippen LogP contribution in [0.3, 0.4) is 0 Å². The molecule has 3 fully saturated rings. The molecular weight excluding hydrogens is 436 g/mol. The molecule has 188 valence electrons. The Bertz CT molecular complexity index is 827. The minimum Gasteiger partial charge on any atom is -0.490 e. The fraction of sp³-hybridized carbons (Fsp3) is 0.750. The number of aromatic nitrogens is 2. The van der Waals surface area contributed by atoms with Crippen molar-refractivity contribution >= 4 is 17.9 Å². The van der Waals surface area contributed by atoms with Crippen LogP contribution in [-0.4, -0.2) is 89.3 Å². The highest BCUT2D eigenvalue weighted by atomic mass is 16.6. The molecular formula is C24H38N6O4. The first-order chi connectivity index (χ1) is 16.4. The SMILES string of the molecule is CC(C)OC(=O)N1CCC(CCOc2cnc(N3C[C@H](N)[C@@H](N4CCCCC4=O)C3)nc2)CC1. The second kappa shape index (κ2) is 11.2. The number of nitrogens with zero attached hydrogens (tertiary/aromatic N) is 5. The van der Waals surface area contributed by atoms with Crippen LogP contribution in [0.15, 0.2) is 12.4 Å². The standard InChI is InChI=1S/C24H38N6O4/c1-17(2)34-24(32)28-10-6-18(7-11-28)8-12-33-19-13-26-23(27-14-19)29-15-20(25)21(16-29)30-9-4-3-5-22(30)31/h13-14,17-18,20-21H,3-12,15-16,25H2,1-2H3/t20-,21-/m0/s1. The van der Waals surface area contributed by atoms with Crippen molar-refractivity contribution in [2.75, 3.05) is 44.2 Å². The normalized spacial score (nSPS) is 24.1. The first-order valence-corrected chi connectivity index (χ1v) is 12.6. The Morgan fingerprint density at radius 3 is 2.56 bits per heavy atom. The van der Waals surface area contributed by atoms with Gasteiger partial charge in [0.25, 0.3) is 0 Å². The molecule has 1 aromatic heterocycles. The molecule has 4 heterocycles. The molecule has 1 aromatic rings. The number of carbonyl (C=O) groups excluding carboxylic acids is 2. The number of likely N-dealkylation sites (tertiary alicyclic amines) is 2. The van der Waals surface area contributed by atoms with Crippen LogP contribution in [0.25, 0.3) is 0 Å². The van der Waals surface area contributed by atoms with Gasteiger partial charge in [0.15, 0.2) is 5.75 Å². The van der Waals surface area contributed by atoms with Crippen LogP contribution in [0.4, 0.5) is 10.7 Å². The van der Waals surface area contributed by atoms with E-state index < -0.39 is 0 Å². The van der Waals surface area contributed by atoms with Gasteiger partial charge in [-0.05, 0) is 51.9 Å². The first kappa shape index (κ1) is 24.5. The number of anilines is 1. The van der Waals surface area contributed by atoms with Gasteiger partial charge in [0.05, 0.1) is 31.1 Å². The molecule has 4 rings (SSSR count). The van der Waals surface area contributed by atoms with Crippen molar-refractivity contribution in [1.82, 2.24) is 19.8 Å². The Hall–Kier alpha value is -2.62. The lowest BCUT2D eigenvalue weighted by Gasteiger charge is -2.34. The van der Waals surface area contributed by atoms with Gasteiger partial charge in [-0.3, -0.25) is 4.79 Å². The number of rotatable bonds is 7. The van der Waals surface area contributed by atoms with Crippen LogP contribution in [0.1, 0.15) is 52.4 Å². The average molecular weight is 475 g/mol. The molecule has 10 nitrogen and oxygen atoms in total. The van der Waals surface area contributed by atoms with Gasteiger partial charge in [0.1, 0.15) is 0 Å². The van der Waals surface area contributed by atoms with Crippen molar-refractivity contribution in [3.05, 3.63) is 12.4 Å². The molecule has 0 bridgehead atoms. The Balaban J connectivity index is 1.19. The highest BCUT2D eigenvalue weighted by Crippen LogP contribution is 2.25. The van der Waals surface area contributed by atoms with Gasteiger partial charge in [-0.2, -0.15) is 0 Å². The predicted molar refractivity (Wildman–Crippen MR) is 128 cm³/mol. The maximum Gasteiger partial charge on any atom is 0.410 e. The van der Waals surface area contributed by atoms with Crippen LogP contribution in [-0.2, 0) is 9.53 Å². The van der Waals surface area contributed by atoms with E-state index in [1.165, 1.54) is 0 Å². The van der Waals surface area contributed by atoms with Gasteiger partial charge in [-0.1, -0.05) is 0 Å². The largest absolute Gasteiger partial charge is 0.490 e. The molecule has 3 aliphatic heterocycles. The monoisotopic (exact) mass is 474 g/mol. The average Bonchev–Trinajstić information content (AvgIpc) is 3.21. The van der Waals surface area contributed by atoms with Crippen LogP contribution < -0.4 is 15.4 Å². The zero-order chi connectivity index (χ0) is 24.1. The Morgan fingerprint density at radius 1 is 1.15 bits per heavy atom. The highest BCUT2D eigenvalue weighted by Gasteiger charge is 2.38. The lowest BCUT2D eigenvalue weighted by atomic mass is 9.94. The second-order valence-corrected chi connectivity index (χ2v) is 9.90. The molecule has 2 N–H and O–H groups in total. The second-order valence-electron chi connectivity index (χ2n) is 9.90. The lowest BCUT2D eigenvalue weighted by molar-refractivity contribution is -0.135. The van der Waals surface area contributed by atoms with Gasteiger partial charge in [0, 0.05) is 45.2 Å². The van der Waals surface area contributed by atoms with Gasteiger partial charge >= 0.3 is 6.09 Å². The molecule has 2 amide bonds. The van der Waals surface area contributed by atoms with E-state index in [9.17, 15) is 9.59 Å². The highest BCUT2D eigenvalue weighted by molar-refractivity contribution is 5.77. The van der Waals surface area contributed by atoms with Crippen molar-refractivity contribution in [2.24, 2.45) is 11.7 Å². The molecule has 0 unspecified atom stereocenters. The van der Waals surface area contributed by atoms with E-state index in [0.717, 1.165) is 51.7 Å². The minimum atomic E-state index is -0.213. The summed E-state index contributed by atoms with van der Waals surface area (Å²) in [5, 5.41) is 0. The Labute approximate surface area is 201 Å². The van der Waals surface area contributed by atoms with Crippen LogP contribution >= 0.6 is 0 Å². The zero-order valence-electron chi connectivity index (χ0n) is 20.4. The first-order valence-electron chi connectivity index (χ1n) is 12.6. The van der Waals surface area contributed by atoms with E-state index in [-0.39, 0.29) is 30.2 Å². The molecule has 10 heteroatoms. The third-order valence-electron chi connectivity index (χ3n) is 6.99. The summed E-state index contributed by atoms with van der Waals surface area (Å²) < 4.78 is 11.2. The number of hydrogen-bond donors (Lipinski definition) is 1. The summed E-state index contributed by atoms with van der Waals surface area (Å²) in [4.78, 5) is 39.1. The van der Waals surface area contributed by atoms with Gasteiger partial charge < -0.3 is 29.9 Å². The number of carbonyl (C=O) groups is 2. The number of hydrogen-bond acceptors (Lipinski definition) is 8. The number of ether oxygens (including phenoxy) is 2. The third-order valence-corrected chi connectivity index (χ3v) is 6.99. The lowest BCUT2D eigenvalue weighted by Crippen LogP contribution is -2.51. The Kier molecular flexibility index (Phi) is 8.07. The fourth-order valence-electron chi connectivity index (χ4n) is 5.05. The molecule has 0 aromatic carbocycles. The quantitative estimate of drug-likeness (QED) is 0.639. The summed E-state index contributed by atoms with van der Waals surface area (Å²) in [6.07, 6.45) is 8.60. The summed E-state index contributed by atoms with van der Waals surface area (Å²) >= 11 is 0. The van der Waals surface area contributed by atoms with Crippen molar-refractivity contribution in [1.29, 1.82) is 0 Å². The molecule has 0 saturated carbocycles. The van der Waals surface area contributed by atoms with Crippen LogP contribution in [0.2, 0.25) is 0 Å². The zero-order valence-corrected chi connectivity index (χ0v) is 20.4. The van der Waals surface area contributed by atoms with Crippen molar-refractivity contribution in [3.63, 3.8) is 0 Å². The molecule has 2 atom stereocenters. The van der Waals surface area contributed by atoms with Crippen LogP contribution in [0.5, 0.6) is 5.75 Å². The summed E-state index contributed by atoms with van der Waals surface area (Å²) in [5.74, 6) is 2.01. The molecule has 0 radical (unpaired) electrons. The van der Waals surface area contributed by atoms with E-state index in [1.54, 1.807) is 17.3 Å². The number of nitrogens with two attached hydrogens (primary N) is 1. The van der Waals surface area contributed by atoms with Crippen LogP contribution in [0, 0.1) is 5.92 Å². The third kappa shape index (κ3) is 6.08. The summed E-state index contributed by atoms with van der Waals surface area (Å²) in [7, 11) is 0.